The van der Waals surface area contributed by atoms with E-state index < -0.39 is 0 Å². The van der Waals surface area contributed by atoms with Gasteiger partial charge in [0.1, 0.15) is 0 Å². The Hall–Kier alpha value is 0.992. The van der Waals surface area contributed by atoms with Gasteiger partial charge >= 0.3 is 74.1 Å². The van der Waals surface area contributed by atoms with E-state index in [-0.39, 0.29) is 0 Å². The van der Waals surface area contributed by atoms with Crippen molar-refractivity contribution in [1.82, 2.24) is 2.71 Å². The van der Waals surface area contributed by atoms with E-state index in [1.165, 1.54) is 0 Å². The van der Waals surface area contributed by atoms with E-state index in [4.69, 9.17) is 5.73 Å². The molecular formula is C3H6IN2Tl. The quantitative estimate of drug-likeness (QED) is 0.386. The maximum atomic E-state index is 5.33. The summed E-state index contributed by atoms with van der Waals surface area (Å²) in [5.41, 5.74) is 5.33. The minimum absolute atomic E-state index is 0.850. The molecule has 2 N–H and O–H groups in total. The van der Waals surface area contributed by atoms with Gasteiger partial charge in [0.2, 0.25) is 0 Å². The minimum atomic E-state index is 0.850. The molecule has 0 aliphatic rings. The van der Waals surface area contributed by atoms with E-state index >= 15 is 0 Å². The molecule has 0 unspecified atom stereocenters. The summed E-state index contributed by atoms with van der Waals surface area (Å²) in [6.07, 6.45) is 1.92. The summed E-state index contributed by atoms with van der Waals surface area (Å²) in [6, 6.07) is 0. The summed E-state index contributed by atoms with van der Waals surface area (Å²) in [5, 5.41) is 0. The topological polar surface area (TPSA) is 29.3 Å². The number of rotatable bonds is 1. The molecule has 0 aliphatic heterocycles. The average molecular weight is 401 g/mol. The number of nitrogens with zero attached hydrogens (tertiary/aromatic N) is 1. The van der Waals surface area contributed by atoms with E-state index in [2.05, 4.69) is 25.3 Å². The van der Waals surface area contributed by atoms with Crippen molar-refractivity contribution in [1.29, 1.82) is 0 Å². The van der Waals surface area contributed by atoms with Crippen molar-refractivity contribution in [2.75, 3.05) is 7.05 Å². The second kappa shape index (κ2) is 3.93. The van der Waals surface area contributed by atoms with E-state index in [9.17, 15) is 0 Å². The van der Waals surface area contributed by atoms with Gasteiger partial charge in [-0.2, -0.15) is 0 Å². The Bertz CT molecular complexity index is 77.0. The van der Waals surface area contributed by atoms with Crippen LogP contribution < -0.4 is 5.73 Å². The second-order valence-electron chi connectivity index (χ2n) is 1.18. The molecule has 0 spiro atoms. The molecule has 7 heavy (non-hydrogen) atoms. The fourth-order valence-electron chi connectivity index (χ4n) is 0.195. The van der Waals surface area contributed by atoms with Crippen LogP contribution in [0.15, 0.2) is 9.90 Å². The zero-order chi connectivity index (χ0) is 5.86. The summed E-state index contributed by atoms with van der Waals surface area (Å²) in [4.78, 5) is 0. The van der Waals surface area contributed by atoms with Crippen LogP contribution in [0.1, 0.15) is 0 Å². The van der Waals surface area contributed by atoms with Crippen LogP contribution in [0.25, 0.3) is 0 Å². The molecule has 0 aliphatic carbocycles. The molecular weight excluding hydrogens is 395 g/mol. The molecule has 0 saturated heterocycles. The number of nitrogens with two attached hydrogens (primary N) is 1. The summed E-state index contributed by atoms with van der Waals surface area (Å²) in [6.45, 7) is 0. The van der Waals surface area contributed by atoms with Crippen LogP contribution in [0.5, 0.6) is 0 Å². The molecule has 0 aromatic heterocycles. The van der Waals surface area contributed by atoms with Gasteiger partial charge in [0.05, 0.1) is 0 Å². The van der Waals surface area contributed by atoms with Crippen molar-refractivity contribution in [3.63, 3.8) is 0 Å². The Morgan fingerprint density at radius 3 is 2.43 bits per heavy atom. The summed E-state index contributed by atoms with van der Waals surface area (Å²) in [7, 11) is 2.01. The molecule has 0 amide bonds. The molecule has 2 nitrogen and oxygen atoms in total. The van der Waals surface area contributed by atoms with Crippen LogP contribution in [-0.2, 0) is 0 Å². The van der Waals surface area contributed by atoms with Gasteiger partial charge in [-0.25, -0.2) is 0 Å². The fourth-order valence-corrected chi connectivity index (χ4v) is 2.44. The number of halogens is 1. The molecule has 0 bridgehead atoms. The Labute approximate surface area is 73.4 Å². The molecule has 0 radical (unpaired) electrons. The monoisotopic (exact) mass is 402 g/mol. The third-order valence-electron chi connectivity index (χ3n) is 0.327. The van der Waals surface area contributed by atoms with Crippen molar-refractivity contribution in [2.24, 2.45) is 5.73 Å². The van der Waals surface area contributed by atoms with Crippen molar-refractivity contribution in [2.45, 2.75) is 0 Å². The Kier molecular flexibility index (Phi) is 4.49. The zero-order valence-corrected chi connectivity index (χ0v) is 10.7. The molecule has 0 heterocycles. The summed E-state index contributed by atoms with van der Waals surface area (Å²) < 4.78 is 2.92. The predicted octanol–water partition coefficient (Wildman–Crippen LogP) is 0.194. The van der Waals surface area contributed by atoms with Gasteiger partial charge < -0.3 is 0 Å². The van der Waals surface area contributed by atoms with Crippen molar-refractivity contribution < 1.29 is 0 Å². The molecule has 0 aromatic carbocycles. The third kappa shape index (κ3) is 6.99. The molecule has 4 heteroatoms. The Balaban J connectivity index is 3.45. The molecule has 0 rings (SSSR count). The van der Waals surface area contributed by atoms with Crippen molar-refractivity contribution in [3.8, 4) is 0 Å². The van der Waals surface area contributed by atoms with Crippen LogP contribution in [0.4, 0.5) is 0 Å². The number of hydrogen-bond donors (Lipinski definition) is 1. The zero-order valence-electron chi connectivity index (χ0n) is 4.06. The van der Waals surface area contributed by atoms with Gasteiger partial charge in [0.15, 0.2) is 0 Å². The van der Waals surface area contributed by atoms with Crippen LogP contribution >= 0.6 is 22.6 Å². The van der Waals surface area contributed by atoms with Gasteiger partial charge in [-0.05, 0) is 0 Å². The molecule has 0 fully saturated rings. The van der Waals surface area contributed by atoms with E-state index in [1.54, 1.807) is 0 Å². The Morgan fingerprint density at radius 1 is 2.00 bits per heavy atom. The molecule has 0 atom stereocenters. The van der Waals surface area contributed by atoms with E-state index in [1.807, 2.05) is 13.2 Å². The van der Waals surface area contributed by atoms with Crippen LogP contribution in [-0.4, -0.2) is 35.8 Å². The van der Waals surface area contributed by atoms with Crippen LogP contribution in [0.3, 0.4) is 0 Å². The average Bonchev–Trinajstić information content (AvgIpc) is 1.27. The first-order chi connectivity index (χ1) is 3.13. The SMILES string of the molecule is C[N]([Tl])/C=C(\N)I. The molecule has 38 valence electrons. The first-order valence-electron chi connectivity index (χ1n) is 1.73. The second-order valence-corrected chi connectivity index (χ2v) is 5.59. The molecule has 0 saturated carbocycles. The standard InChI is InChI=1S/C3H6IN2.Tl/c1-6-2-3(4)5;/h2H,5H2,1H3;/q-1;+1/b3-2-;. The first kappa shape index (κ1) is 7.99. The Morgan fingerprint density at radius 2 is 2.43 bits per heavy atom. The maximum absolute atomic E-state index is 5.33. The van der Waals surface area contributed by atoms with Gasteiger partial charge in [-0.15, -0.1) is 0 Å². The van der Waals surface area contributed by atoms with Gasteiger partial charge in [-0.3, -0.25) is 0 Å². The summed E-state index contributed by atoms with van der Waals surface area (Å²) >= 11 is 2.94. The predicted molar refractivity (Wildman–Crippen MR) is 39.8 cm³/mol. The normalized spacial score (nSPS) is 11.3. The fraction of sp³-hybridized carbons (Fsp3) is 0.333. The third-order valence-corrected chi connectivity index (χ3v) is 1.19. The number of hydrogen-bond acceptors (Lipinski definition) is 2. The first-order valence-corrected chi connectivity index (χ1v) is 4.82. The van der Waals surface area contributed by atoms with E-state index in [0.717, 1.165) is 29.8 Å². The van der Waals surface area contributed by atoms with Crippen LogP contribution in [0, 0.1) is 0 Å². The summed E-state index contributed by atoms with van der Waals surface area (Å²) in [5.74, 6) is 0. The van der Waals surface area contributed by atoms with Gasteiger partial charge in [0.25, 0.3) is 0 Å². The van der Waals surface area contributed by atoms with Crippen LogP contribution in [0.2, 0.25) is 0 Å². The van der Waals surface area contributed by atoms with Crippen molar-refractivity contribution >= 4 is 48.7 Å². The molecule has 0 aromatic rings. The van der Waals surface area contributed by atoms with Crippen molar-refractivity contribution in [3.05, 3.63) is 9.90 Å². The van der Waals surface area contributed by atoms with Gasteiger partial charge in [0, 0.05) is 0 Å². The van der Waals surface area contributed by atoms with E-state index in [0.29, 0.717) is 0 Å². The van der Waals surface area contributed by atoms with Gasteiger partial charge in [-0.1, -0.05) is 0 Å².